The average Bonchev–Trinajstić information content (AvgIpc) is 2.07. The molecule has 0 aliphatic heterocycles. The zero-order valence-electron chi connectivity index (χ0n) is 7.55. The highest BCUT2D eigenvalue weighted by atomic mass is 32.1. The molecule has 1 rings (SSSR count). The van der Waals surface area contributed by atoms with Crippen LogP contribution in [0.3, 0.4) is 0 Å². The lowest BCUT2D eigenvalue weighted by atomic mass is 9.80. The lowest BCUT2D eigenvalue weighted by Crippen LogP contribution is -2.14. The Morgan fingerprint density at radius 1 is 1.09 bits per heavy atom. The summed E-state index contributed by atoms with van der Waals surface area (Å²) >= 11 is 4.28. The Bertz CT molecular complexity index is 93.0. The van der Waals surface area contributed by atoms with E-state index in [0.29, 0.717) is 0 Å². The van der Waals surface area contributed by atoms with Gasteiger partial charge in [-0.15, -0.1) is 0 Å². The predicted octanol–water partition coefficient (Wildman–Crippen LogP) is 3.52. The maximum absolute atomic E-state index is 4.28. The van der Waals surface area contributed by atoms with Crippen LogP contribution in [0, 0.1) is 11.8 Å². The highest BCUT2D eigenvalue weighted by Crippen LogP contribution is 2.32. The van der Waals surface area contributed by atoms with E-state index < -0.39 is 0 Å². The van der Waals surface area contributed by atoms with Crippen LogP contribution in [0.4, 0.5) is 0 Å². The minimum Gasteiger partial charge on any atom is -0.179 e. The first-order valence-corrected chi connectivity index (χ1v) is 5.61. The Morgan fingerprint density at radius 2 is 1.64 bits per heavy atom. The molecule has 0 N–H and O–H groups in total. The smallest absolute Gasteiger partial charge is 0.00953 e. The number of hydrogen-bond donors (Lipinski definition) is 1. The molecule has 11 heavy (non-hydrogen) atoms. The van der Waals surface area contributed by atoms with Crippen molar-refractivity contribution in [1.82, 2.24) is 0 Å². The maximum atomic E-state index is 4.28. The summed E-state index contributed by atoms with van der Waals surface area (Å²) in [5.41, 5.74) is 0. The minimum absolute atomic E-state index is 1.01. The van der Waals surface area contributed by atoms with Gasteiger partial charge in [0, 0.05) is 0 Å². The van der Waals surface area contributed by atoms with E-state index in [2.05, 4.69) is 19.6 Å². The van der Waals surface area contributed by atoms with Gasteiger partial charge < -0.3 is 0 Å². The van der Waals surface area contributed by atoms with Crippen molar-refractivity contribution in [1.29, 1.82) is 0 Å². The molecule has 0 aromatic heterocycles. The molecule has 0 spiro atoms. The van der Waals surface area contributed by atoms with Gasteiger partial charge in [0.2, 0.25) is 0 Å². The second-order valence-electron chi connectivity index (χ2n) is 3.81. The summed E-state index contributed by atoms with van der Waals surface area (Å²) < 4.78 is 0. The summed E-state index contributed by atoms with van der Waals surface area (Å²) in [5.74, 6) is 3.14. The van der Waals surface area contributed by atoms with Crippen molar-refractivity contribution in [3.63, 3.8) is 0 Å². The third kappa shape index (κ3) is 3.06. The maximum Gasteiger partial charge on any atom is -0.00953 e. The summed E-state index contributed by atoms with van der Waals surface area (Å²) in [6, 6.07) is 0. The molecule has 0 saturated heterocycles. The monoisotopic (exact) mass is 172 g/mol. The second-order valence-corrected chi connectivity index (χ2v) is 4.25. The van der Waals surface area contributed by atoms with Crippen molar-refractivity contribution < 1.29 is 0 Å². The van der Waals surface area contributed by atoms with E-state index in [1.807, 2.05) is 0 Å². The Hall–Kier alpha value is 0.350. The summed E-state index contributed by atoms with van der Waals surface area (Å²) in [4.78, 5) is 0. The van der Waals surface area contributed by atoms with E-state index in [4.69, 9.17) is 0 Å². The minimum atomic E-state index is 1.01. The van der Waals surface area contributed by atoms with E-state index in [0.717, 1.165) is 17.6 Å². The SMILES string of the molecule is CCC1CCC(CCS)CC1. The van der Waals surface area contributed by atoms with Crippen LogP contribution in [-0.4, -0.2) is 5.75 Å². The van der Waals surface area contributed by atoms with E-state index >= 15 is 0 Å². The lowest BCUT2D eigenvalue weighted by Gasteiger charge is -2.27. The molecule has 66 valence electrons. The Labute approximate surface area is 76.2 Å². The third-order valence-electron chi connectivity index (χ3n) is 3.08. The van der Waals surface area contributed by atoms with Crippen LogP contribution in [0.5, 0.6) is 0 Å². The molecule has 1 heteroatoms. The van der Waals surface area contributed by atoms with Gasteiger partial charge in [-0.05, 0) is 24.0 Å². The van der Waals surface area contributed by atoms with E-state index in [-0.39, 0.29) is 0 Å². The normalized spacial score (nSPS) is 32.2. The van der Waals surface area contributed by atoms with Crippen LogP contribution in [0.25, 0.3) is 0 Å². The standard InChI is InChI=1S/C10H20S/c1-2-9-3-5-10(6-4-9)7-8-11/h9-11H,2-8H2,1H3. The van der Waals surface area contributed by atoms with Gasteiger partial charge in [0.05, 0.1) is 0 Å². The number of hydrogen-bond acceptors (Lipinski definition) is 1. The third-order valence-corrected chi connectivity index (χ3v) is 3.34. The number of thiol groups is 1. The topological polar surface area (TPSA) is 0 Å². The van der Waals surface area contributed by atoms with Crippen molar-refractivity contribution in [2.24, 2.45) is 11.8 Å². The molecule has 0 bridgehead atoms. The van der Waals surface area contributed by atoms with E-state index in [9.17, 15) is 0 Å². The first kappa shape index (κ1) is 9.44. The lowest BCUT2D eigenvalue weighted by molar-refractivity contribution is 0.265. The molecule has 0 radical (unpaired) electrons. The molecule has 0 heterocycles. The van der Waals surface area contributed by atoms with Gasteiger partial charge in [0.1, 0.15) is 0 Å². The van der Waals surface area contributed by atoms with Crippen molar-refractivity contribution in [2.75, 3.05) is 5.75 Å². The fraction of sp³-hybridized carbons (Fsp3) is 1.00. The zero-order valence-corrected chi connectivity index (χ0v) is 8.45. The van der Waals surface area contributed by atoms with Crippen LogP contribution in [0.15, 0.2) is 0 Å². The first-order chi connectivity index (χ1) is 5.36. The second kappa shape index (κ2) is 5.08. The molecule has 1 saturated carbocycles. The van der Waals surface area contributed by atoms with Gasteiger partial charge in [-0.2, -0.15) is 12.6 Å². The molecule has 1 aliphatic carbocycles. The molecule has 0 nitrogen and oxygen atoms in total. The summed E-state index contributed by atoms with van der Waals surface area (Å²) in [5, 5.41) is 0. The van der Waals surface area contributed by atoms with Crippen LogP contribution in [0.1, 0.15) is 45.4 Å². The molecule has 0 amide bonds. The van der Waals surface area contributed by atoms with Gasteiger partial charge in [-0.3, -0.25) is 0 Å². The Balaban J connectivity index is 2.14. The Morgan fingerprint density at radius 3 is 2.09 bits per heavy atom. The average molecular weight is 172 g/mol. The van der Waals surface area contributed by atoms with Crippen LogP contribution < -0.4 is 0 Å². The molecular weight excluding hydrogens is 152 g/mol. The van der Waals surface area contributed by atoms with Crippen LogP contribution in [-0.2, 0) is 0 Å². The van der Waals surface area contributed by atoms with Gasteiger partial charge in [-0.25, -0.2) is 0 Å². The molecule has 0 unspecified atom stereocenters. The van der Waals surface area contributed by atoms with E-state index in [1.54, 1.807) is 0 Å². The van der Waals surface area contributed by atoms with Crippen molar-refractivity contribution in [3.8, 4) is 0 Å². The van der Waals surface area contributed by atoms with Crippen LogP contribution >= 0.6 is 12.6 Å². The van der Waals surface area contributed by atoms with Gasteiger partial charge in [-0.1, -0.05) is 39.0 Å². The van der Waals surface area contributed by atoms with Crippen molar-refractivity contribution >= 4 is 12.6 Å². The quantitative estimate of drug-likeness (QED) is 0.619. The molecule has 1 fully saturated rings. The van der Waals surface area contributed by atoms with E-state index in [1.165, 1.54) is 38.5 Å². The zero-order chi connectivity index (χ0) is 8.10. The summed E-state index contributed by atoms with van der Waals surface area (Å²) in [6.07, 6.45) is 8.65. The van der Waals surface area contributed by atoms with Gasteiger partial charge in [0.25, 0.3) is 0 Å². The fourth-order valence-electron chi connectivity index (χ4n) is 2.11. The highest BCUT2D eigenvalue weighted by Gasteiger charge is 2.18. The summed E-state index contributed by atoms with van der Waals surface area (Å²) in [7, 11) is 0. The highest BCUT2D eigenvalue weighted by molar-refractivity contribution is 7.80. The summed E-state index contributed by atoms with van der Waals surface area (Å²) in [6.45, 7) is 2.32. The molecule has 0 aromatic rings. The Kier molecular flexibility index (Phi) is 4.36. The van der Waals surface area contributed by atoms with Crippen molar-refractivity contribution in [3.05, 3.63) is 0 Å². The molecule has 0 atom stereocenters. The molecule has 0 aromatic carbocycles. The largest absolute Gasteiger partial charge is 0.179 e. The van der Waals surface area contributed by atoms with Gasteiger partial charge in [0.15, 0.2) is 0 Å². The van der Waals surface area contributed by atoms with Crippen molar-refractivity contribution in [2.45, 2.75) is 45.4 Å². The fourth-order valence-corrected chi connectivity index (χ4v) is 2.48. The number of rotatable bonds is 3. The first-order valence-electron chi connectivity index (χ1n) is 4.97. The molecule has 1 aliphatic rings. The van der Waals surface area contributed by atoms with Crippen LogP contribution in [0.2, 0.25) is 0 Å². The van der Waals surface area contributed by atoms with Gasteiger partial charge >= 0.3 is 0 Å². The predicted molar refractivity (Wildman–Crippen MR) is 54.2 cm³/mol. The molecular formula is C10H20S.